The number of benzene rings is 3. The van der Waals surface area contributed by atoms with Gasteiger partial charge in [-0.15, -0.1) is 0 Å². The fraction of sp³-hybridized carbons (Fsp3) is 0.240. The summed E-state index contributed by atoms with van der Waals surface area (Å²) in [5, 5.41) is 2.78. The molecule has 1 aliphatic heterocycles. The normalized spacial score (nSPS) is 14.2. The van der Waals surface area contributed by atoms with Gasteiger partial charge in [-0.1, -0.05) is 24.3 Å². The second kappa shape index (κ2) is 9.64. The summed E-state index contributed by atoms with van der Waals surface area (Å²) in [5.74, 6) is 1.37. The average Bonchev–Trinajstić information content (AvgIpc) is 2.83. The van der Waals surface area contributed by atoms with Crippen molar-refractivity contribution >= 4 is 21.6 Å². The number of sulfonamides is 1. The van der Waals surface area contributed by atoms with Gasteiger partial charge in [0.1, 0.15) is 11.5 Å². The third-order valence-corrected chi connectivity index (χ3v) is 7.17. The Morgan fingerprint density at radius 2 is 1.55 bits per heavy atom. The van der Waals surface area contributed by atoms with Crippen molar-refractivity contribution in [3.8, 4) is 11.5 Å². The number of carbonyl (C=O) groups excluding carboxylic acids is 1. The minimum atomic E-state index is -3.82. The number of nitrogens with one attached hydrogen (secondary N) is 2. The Morgan fingerprint density at radius 3 is 2.18 bits per heavy atom. The first kappa shape index (κ1) is 22.8. The fourth-order valence-electron chi connectivity index (χ4n) is 3.84. The molecular weight excluding hydrogens is 440 g/mol. The number of fused-ring (bicyclic) bond motifs is 1. The van der Waals surface area contributed by atoms with Crippen molar-refractivity contribution in [3.05, 3.63) is 83.4 Å². The maximum Gasteiger partial charge on any atom is 0.241 e. The number of amides is 1. The molecule has 33 heavy (non-hydrogen) atoms. The Labute approximate surface area is 193 Å². The Hall–Kier alpha value is -3.36. The molecule has 0 saturated carbocycles. The molecule has 0 aromatic heterocycles. The average molecular weight is 467 g/mol. The number of hydrogen-bond donors (Lipinski definition) is 2. The molecule has 0 aliphatic carbocycles. The van der Waals surface area contributed by atoms with Crippen LogP contribution in [0.15, 0.2) is 71.6 Å². The van der Waals surface area contributed by atoms with Gasteiger partial charge < -0.3 is 14.8 Å². The molecule has 0 bridgehead atoms. The smallest absolute Gasteiger partial charge is 0.241 e. The number of hydrogen-bond acceptors (Lipinski definition) is 5. The van der Waals surface area contributed by atoms with Gasteiger partial charge in [0.25, 0.3) is 0 Å². The van der Waals surface area contributed by atoms with Crippen LogP contribution >= 0.6 is 0 Å². The SMILES string of the molecule is COc1ccc(C[C@@H](NS(=O)(=O)c2ccc3c(c2)CCC(=O)N3)c2ccc(OC)cc2)cc1. The molecular formula is C25H26N2O5S. The molecule has 1 amide bonds. The van der Waals surface area contributed by atoms with Crippen molar-refractivity contribution in [1.29, 1.82) is 0 Å². The lowest BCUT2D eigenvalue weighted by molar-refractivity contribution is -0.116. The van der Waals surface area contributed by atoms with Gasteiger partial charge in [0.05, 0.1) is 25.2 Å². The van der Waals surface area contributed by atoms with E-state index in [0.29, 0.717) is 30.7 Å². The second-order valence-corrected chi connectivity index (χ2v) is 9.58. The van der Waals surface area contributed by atoms with Crippen molar-refractivity contribution in [2.24, 2.45) is 0 Å². The molecule has 4 rings (SSSR count). The van der Waals surface area contributed by atoms with Gasteiger partial charge in [-0.05, 0) is 72.0 Å². The molecule has 2 N–H and O–H groups in total. The number of carbonyl (C=O) groups is 1. The lowest BCUT2D eigenvalue weighted by Crippen LogP contribution is -2.30. The van der Waals surface area contributed by atoms with E-state index in [4.69, 9.17) is 9.47 Å². The molecule has 0 fully saturated rings. The van der Waals surface area contributed by atoms with E-state index in [0.717, 1.165) is 22.4 Å². The van der Waals surface area contributed by atoms with Crippen LogP contribution in [0.4, 0.5) is 5.69 Å². The summed E-state index contributed by atoms with van der Waals surface area (Å²) in [6, 6.07) is 19.2. The third kappa shape index (κ3) is 5.35. The third-order valence-electron chi connectivity index (χ3n) is 5.70. The second-order valence-electron chi connectivity index (χ2n) is 7.87. The summed E-state index contributed by atoms with van der Waals surface area (Å²) in [6.45, 7) is 0. The van der Waals surface area contributed by atoms with Crippen LogP contribution in [0.5, 0.6) is 11.5 Å². The highest BCUT2D eigenvalue weighted by molar-refractivity contribution is 7.89. The molecule has 3 aromatic rings. The van der Waals surface area contributed by atoms with Crippen LogP contribution in [0.2, 0.25) is 0 Å². The zero-order chi connectivity index (χ0) is 23.4. The van der Waals surface area contributed by atoms with Crippen molar-refractivity contribution in [2.75, 3.05) is 19.5 Å². The molecule has 0 saturated heterocycles. The van der Waals surface area contributed by atoms with Crippen LogP contribution < -0.4 is 19.5 Å². The van der Waals surface area contributed by atoms with E-state index in [9.17, 15) is 13.2 Å². The zero-order valence-electron chi connectivity index (χ0n) is 18.5. The van der Waals surface area contributed by atoms with E-state index in [1.54, 1.807) is 26.4 Å². The lowest BCUT2D eigenvalue weighted by atomic mass is 9.99. The monoisotopic (exact) mass is 466 g/mol. The van der Waals surface area contributed by atoms with Crippen LogP contribution in [-0.4, -0.2) is 28.5 Å². The number of anilines is 1. The molecule has 0 spiro atoms. The standard InChI is InChI=1S/C25H26N2O5S/c1-31-20-8-3-17(4-9-20)15-24(18-5-10-21(32-2)11-6-18)27-33(29,30)22-12-13-23-19(16-22)7-14-25(28)26-23/h3-6,8-13,16,24,27H,7,14-15H2,1-2H3,(H,26,28)/t24-/m1/s1. The van der Waals surface area contributed by atoms with Gasteiger partial charge in [-0.25, -0.2) is 13.1 Å². The Kier molecular flexibility index (Phi) is 6.67. The van der Waals surface area contributed by atoms with E-state index in [2.05, 4.69) is 10.0 Å². The van der Waals surface area contributed by atoms with E-state index < -0.39 is 16.1 Å². The first-order chi connectivity index (χ1) is 15.9. The highest BCUT2D eigenvalue weighted by Gasteiger charge is 2.24. The molecule has 3 aromatic carbocycles. The minimum Gasteiger partial charge on any atom is -0.497 e. The first-order valence-corrected chi connectivity index (χ1v) is 12.1. The maximum atomic E-state index is 13.3. The van der Waals surface area contributed by atoms with Crippen LogP contribution in [-0.2, 0) is 27.7 Å². The molecule has 1 aliphatic rings. The summed E-state index contributed by atoms with van der Waals surface area (Å²) in [5.41, 5.74) is 3.26. The predicted molar refractivity (Wildman–Crippen MR) is 126 cm³/mol. The molecule has 1 heterocycles. The molecule has 8 heteroatoms. The number of aryl methyl sites for hydroxylation is 1. The predicted octanol–water partition coefficient (Wildman–Crippen LogP) is 3.85. The van der Waals surface area contributed by atoms with Crippen LogP contribution in [0.25, 0.3) is 0 Å². The highest BCUT2D eigenvalue weighted by atomic mass is 32.2. The van der Waals surface area contributed by atoms with E-state index in [1.165, 1.54) is 6.07 Å². The lowest BCUT2D eigenvalue weighted by Gasteiger charge is -2.21. The van der Waals surface area contributed by atoms with Gasteiger partial charge in [0.15, 0.2) is 0 Å². The molecule has 7 nitrogen and oxygen atoms in total. The van der Waals surface area contributed by atoms with Crippen LogP contribution in [0, 0.1) is 0 Å². The molecule has 1 atom stereocenters. The van der Waals surface area contributed by atoms with Crippen molar-refractivity contribution in [2.45, 2.75) is 30.2 Å². The largest absolute Gasteiger partial charge is 0.497 e. The topological polar surface area (TPSA) is 93.7 Å². The molecule has 172 valence electrons. The van der Waals surface area contributed by atoms with Crippen LogP contribution in [0.3, 0.4) is 0 Å². The summed E-state index contributed by atoms with van der Waals surface area (Å²) >= 11 is 0. The first-order valence-electron chi connectivity index (χ1n) is 10.6. The van der Waals surface area contributed by atoms with Crippen molar-refractivity contribution in [1.82, 2.24) is 4.72 Å². The highest BCUT2D eigenvalue weighted by Crippen LogP contribution is 2.28. The van der Waals surface area contributed by atoms with Gasteiger partial charge in [-0.2, -0.15) is 0 Å². The summed E-state index contributed by atoms with van der Waals surface area (Å²) < 4.78 is 40.0. The zero-order valence-corrected chi connectivity index (χ0v) is 19.3. The van der Waals surface area contributed by atoms with Crippen LogP contribution in [0.1, 0.15) is 29.2 Å². The quantitative estimate of drug-likeness (QED) is 0.526. The van der Waals surface area contributed by atoms with E-state index in [1.807, 2.05) is 48.5 Å². The molecule has 0 radical (unpaired) electrons. The van der Waals surface area contributed by atoms with Gasteiger partial charge >= 0.3 is 0 Å². The fourth-order valence-corrected chi connectivity index (χ4v) is 5.12. The number of methoxy groups -OCH3 is 2. The number of ether oxygens (including phenoxy) is 2. The van der Waals surface area contributed by atoms with E-state index >= 15 is 0 Å². The van der Waals surface area contributed by atoms with Gasteiger partial charge in [0.2, 0.25) is 15.9 Å². The Balaban J connectivity index is 1.63. The summed E-state index contributed by atoms with van der Waals surface area (Å²) in [7, 11) is -0.629. The summed E-state index contributed by atoms with van der Waals surface area (Å²) in [4.78, 5) is 11.8. The van der Waals surface area contributed by atoms with Crippen molar-refractivity contribution < 1.29 is 22.7 Å². The maximum absolute atomic E-state index is 13.3. The Bertz CT molecular complexity index is 1240. The van der Waals surface area contributed by atoms with Gasteiger partial charge in [-0.3, -0.25) is 4.79 Å². The number of rotatable bonds is 8. The summed E-state index contributed by atoms with van der Waals surface area (Å²) in [6.07, 6.45) is 1.31. The molecule has 0 unspecified atom stereocenters. The van der Waals surface area contributed by atoms with E-state index in [-0.39, 0.29) is 10.8 Å². The Morgan fingerprint density at radius 1 is 0.909 bits per heavy atom. The minimum absolute atomic E-state index is 0.0599. The van der Waals surface area contributed by atoms with Gasteiger partial charge in [0, 0.05) is 12.1 Å². The van der Waals surface area contributed by atoms with Crippen molar-refractivity contribution in [3.63, 3.8) is 0 Å².